The van der Waals surface area contributed by atoms with E-state index in [4.69, 9.17) is 4.74 Å². The van der Waals surface area contributed by atoms with E-state index in [9.17, 15) is 5.11 Å². The van der Waals surface area contributed by atoms with Crippen molar-refractivity contribution < 1.29 is 14.7 Å². The third kappa shape index (κ3) is 3.29. The molecule has 1 saturated heterocycles. The van der Waals surface area contributed by atoms with E-state index in [1.165, 1.54) is 69.4 Å². The second-order valence-electron chi connectivity index (χ2n) is 9.85. The summed E-state index contributed by atoms with van der Waals surface area (Å²) in [6.07, 6.45) is 11.0. The normalized spacial score (nSPS) is 37.2. The summed E-state index contributed by atoms with van der Waals surface area (Å²) in [5.74, 6) is 3.87. The highest BCUT2D eigenvalue weighted by Gasteiger charge is 2.51. The lowest BCUT2D eigenvalue weighted by Gasteiger charge is -2.57. The summed E-state index contributed by atoms with van der Waals surface area (Å²) in [7, 11) is 0. The van der Waals surface area contributed by atoms with E-state index in [1.54, 1.807) is 5.56 Å². The van der Waals surface area contributed by atoms with Crippen LogP contribution in [0.1, 0.15) is 56.9 Å². The van der Waals surface area contributed by atoms with Gasteiger partial charge in [-0.25, -0.2) is 0 Å². The molecule has 5 aliphatic rings. The first-order valence-electron chi connectivity index (χ1n) is 10.9. The van der Waals surface area contributed by atoms with Crippen LogP contribution >= 0.6 is 0 Å². The van der Waals surface area contributed by atoms with Gasteiger partial charge in [0.2, 0.25) is 0 Å². The van der Waals surface area contributed by atoms with Crippen LogP contribution in [0, 0.1) is 17.8 Å². The van der Waals surface area contributed by atoms with Gasteiger partial charge in [0.05, 0.1) is 13.1 Å². The first-order chi connectivity index (χ1) is 12.7. The Hall–Kier alpha value is -1.06. The molecule has 4 saturated carbocycles. The molecule has 1 aromatic rings. The van der Waals surface area contributed by atoms with E-state index in [2.05, 4.69) is 24.3 Å². The summed E-state index contributed by atoms with van der Waals surface area (Å²) in [6, 6.07) is 8.92. The van der Waals surface area contributed by atoms with Gasteiger partial charge >= 0.3 is 0 Å². The first kappa shape index (κ1) is 17.1. The average Bonchev–Trinajstić information content (AvgIpc) is 3.12. The van der Waals surface area contributed by atoms with E-state index in [0.717, 1.165) is 30.0 Å². The molecule has 2 N–H and O–H groups in total. The highest BCUT2D eigenvalue weighted by atomic mass is 16.5. The SMILES string of the molecule is O[C@H](COc1ccc(C23CC4CC(CC(C4)C2)C3)cc1)C[NH+]1CCCC1. The lowest BCUT2D eigenvalue weighted by Crippen LogP contribution is -3.11. The molecule has 4 aliphatic carbocycles. The van der Waals surface area contributed by atoms with E-state index >= 15 is 0 Å². The van der Waals surface area contributed by atoms with Gasteiger partial charge in [-0.15, -0.1) is 0 Å². The third-order valence-electron chi connectivity index (χ3n) is 7.78. The second-order valence-corrected chi connectivity index (χ2v) is 9.85. The van der Waals surface area contributed by atoms with Crippen LogP contribution < -0.4 is 9.64 Å². The molecule has 26 heavy (non-hydrogen) atoms. The molecule has 0 radical (unpaired) electrons. The Morgan fingerprint density at radius 3 is 2.12 bits per heavy atom. The number of aliphatic hydroxyl groups is 1. The fourth-order valence-electron chi connectivity index (χ4n) is 7.03. The van der Waals surface area contributed by atoms with Gasteiger partial charge in [0, 0.05) is 12.8 Å². The van der Waals surface area contributed by atoms with Gasteiger partial charge in [-0.05, 0) is 79.4 Å². The maximum Gasteiger partial charge on any atom is 0.137 e. The largest absolute Gasteiger partial charge is 0.491 e. The molecule has 3 heteroatoms. The first-order valence-corrected chi connectivity index (χ1v) is 10.9. The molecule has 0 unspecified atom stereocenters. The van der Waals surface area contributed by atoms with Gasteiger partial charge in [-0.3, -0.25) is 0 Å². The molecule has 1 aliphatic heterocycles. The van der Waals surface area contributed by atoms with E-state index in [0.29, 0.717) is 12.0 Å². The molecule has 0 spiro atoms. The summed E-state index contributed by atoms with van der Waals surface area (Å²) in [6.45, 7) is 3.65. The van der Waals surface area contributed by atoms with E-state index < -0.39 is 0 Å². The molecule has 0 aromatic heterocycles. The van der Waals surface area contributed by atoms with Crippen molar-refractivity contribution in [1.82, 2.24) is 0 Å². The Kier molecular flexibility index (Phi) is 4.48. The quantitative estimate of drug-likeness (QED) is 0.821. The number of nitrogens with one attached hydrogen (secondary N) is 1. The van der Waals surface area contributed by atoms with E-state index in [1.807, 2.05) is 0 Å². The molecule has 1 atom stereocenters. The summed E-state index contributed by atoms with van der Waals surface area (Å²) in [5, 5.41) is 10.2. The molecule has 0 amide bonds. The molecule has 1 aromatic carbocycles. The molecule has 142 valence electrons. The van der Waals surface area contributed by atoms with Crippen LogP contribution in [0.2, 0.25) is 0 Å². The fourth-order valence-corrected chi connectivity index (χ4v) is 7.03. The molecule has 1 heterocycles. The summed E-state index contributed by atoms with van der Waals surface area (Å²) < 4.78 is 5.89. The summed E-state index contributed by atoms with van der Waals surface area (Å²) >= 11 is 0. The molecule has 6 rings (SSSR count). The minimum absolute atomic E-state index is 0.356. The van der Waals surface area contributed by atoms with Crippen LogP contribution in [0.15, 0.2) is 24.3 Å². The van der Waals surface area contributed by atoms with Crippen molar-refractivity contribution in [2.75, 3.05) is 26.2 Å². The van der Waals surface area contributed by atoms with E-state index in [-0.39, 0.29) is 6.10 Å². The second kappa shape index (κ2) is 6.83. The van der Waals surface area contributed by atoms with Crippen LogP contribution in [-0.2, 0) is 5.41 Å². The maximum atomic E-state index is 10.2. The number of likely N-dealkylation sites (tertiary alicyclic amines) is 1. The fraction of sp³-hybridized carbons (Fsp3) is 0.739. The zero-order chi connectivity index (χ0) is 17.6. The highest BCUT2D eigenvalue weighted by Crippen LogP contribution is 2.60. The molecule has 3 nitrogen and oxygen atoms in total. The van der Waals surface area contributed by atoms with Gasteiger partial charge in [0.15, 0.2) is 0 Å². The van der Waals surface area contributed by atoms with Crippen molar-refractivity contribution in [3.05, 3.63) is 29.8 Å². The lowest BCUT2D eigenvalue weighted by atomic mass is 9.48. The smallest absolute Gasteiger partial charge is 0.137 e. The van der Waals surface area contributed by atoms with Crippen molar-refractivity contribution in [1.29, 1.82) is 0 Å². The van der Waals surface area contributed by atoms with Crippen LogP contribution in [0.3, 0.4) is 0 Å². The predicted octanol–water partition coefficient (Wildman–Crippen LogP) is 2.57. The highest BCUT2D eigenvalue weighted by molar-refractivity contribution is 5.34. The molecule has 4 bridgehead atoms. The van der Waals surface area contributed by atoms with Crippen molar-refractivity contribution >= 4 is 0 Å². The van der Waals surface area contributed by atoms with Crippen molar-refractivity contribution in [2.24, 2.45) is 17.8 Å². The molecule has 5 fully saturated rings. The number of quaternary nitrogens is 1. The predicted molar refractivity (Wildman–Crippen MR) is 103 cm³/mol. The minimum atomic E-state index is -0.356. The van der Waals surface area contributed by atoms with Gasteiger partial charge in [-0.1, -0.05) is 12.1 Å². The van der Waals surface area contributed by atoms with Gasteiger partial charge in [0.1, 0.15) is 25.0 Å². The topological polar surface area (TPSA) is 33.9 Å². The maximum absolute atomic E-state index is 10.2. The van der Waals surface area contributed by atoms with Crippen molar-refractivity contribution in [3.8, 4) is 5.75 Å². The summed E-state index contributed by atoms with van der Waals surface area (Å²) in [5.41, 5.74) is 2.01. The van der Waals surface area contributed by atoms with Gasteiger partial charge in [-0.2, -0.15) is 0 Å². The summed E-state index contributed by atoms with van der Waals surface area (Å²) in [4.78, 5) is 1.53. The Morgan fingerprint density at radius 1 is 0.962 bits per heavy atom. The van der Waals surface area contributed by atoms with Crippen LogP contribution in [0.4, 0.5) is 0 Å². The zero-order valence-electron chi connectivity index (χ0n) is 16.0. The number of hydrogen-bond acceptors (Lipinski definition) is 2. The zero-order valence-corrected chi connectivity index (χ0v) is 16.0. The lowest BCUT2D eigenvalue weighted by molar-refractivity contribution is -0.890. The Morgan fingerprint density at radius 2 is 1.54 bits per heavy atom. The Balaban J connectivity index is 1.19. The minimum Gasteiger partial charge on any atom is -0.491 e. The molecular formula is C23H34NO2+. The Bertz CT molecular complexity index is 584. The number of benzene rings is 1. The number of aliphatic hydroxyl groups excluding tert-OH is 1. The number of rotatable bonds is 6. The standard InChI is InChI=1S/C23H33NO2/c25-21(15-24-7-1-2-8-24)16-26-22-5-3-20(4-6-22)23-12-17-9-18(13-23)11-19(10-17)14-23/h3-6,17-19,21,25H,1-2,7-16H2/p+1/t17?,18?,19?,21-,23?/m0/s1. The number of hydrogen-bond donors (Lipinski definition) is 2. The van der Waals surface area contributed by atoms with Crippen LogP contribution in [0.25, 0.3) is 0 Å². The van der Waals surface area contributed by atoms with Gasteiger partial charge in [0.25, 0.3) is 0 Å². The molecular weight excluding hydrogens is 322 g/mol. The van der Waals surface area contributed by atoms with Crippen molar-refractivity contribution in [2.45, 2.75) is 62.9 Å². The van der Waals surface area contributed by atoms with Gasteiger partial charge < -0.3 is 14.7 Å². The number of ether oxygens (including phenoxy) is 1. The third-order valence-corrected chi connectivity index (χ3v) is 7.78. The monoisotopic (exact) mass is 356 g/mol. The van der Waals surface area contributed by atoms with Crippen LogP contribution in [0.5, 0.6) is 5.75 Å². The van der Waals surface area contributed by atoms with Crippen molar-refractivity contribution in [3.63, 3.8) is 0 Å². The Labute approximate surface area is 157 Å². The van der Waals surface area contributed by atoms with Crippen LogP contribution in [-0.4, -0.2) is 37.5 Å². The average molecular weight is 357 g/mol.